The van der Waals surface area contributed by atoms with Gasteiger partial charge >= 0.3 is 0 Å². The number of carbonyl (C=O) groups excluding carboxylic acids is 1. The maximum atomic E-state index is 13.9. The van der Waals surface area contributed by atoms with Crippen LogP contribution in [0.15, 0.2) is 47.1 Å². The Balaban J connectivity index is 1.74. The summed E-state index contributed by atoms with van der Waals surface area (Å²) < 4.78 is 47.9. The zero-order chi connectivity index (χ0) is 21.4. The Labute approximate surface area is 169 Å². The summed E-state index contributed by atoms with van der Waals surface area (Å²) in [5.74, 6) is -0.822. The summed E-state index contributed by atoms with van der Waals surface area (Å²) in [6, 6.07) is 8.82. The lowest BCUT2D eigenvalue weighted by Crippen LogP contribution is -2.20. The fourth-order valence-corrected chi connectivity index (χ4v) is 3.28. The van der Waals surface area contributed by atoms with Crippen molar-refractivity contribution in [2.45, 2.75) is 26.8 Å². The van der Waals surface area contributed by atoms with Crippen molar-refractivity contribution in [2.24, 2.45) is 0 Å². The number of nitrogens with one attached hydrogen (secondary N) is 1. The molecule has 4 aromatic rings. The lowest BCUT2D eigenvalue weighted by Gasteiger charge is -2.09. The molecule has 1 N–H and O–H groups in total. The number of rotatable bonds is 5. The molecule has 3 aromatic heterocycles. The molecule has 0 spiro atoms. The number of halogens is 3. The molecule has 6 nitrogen and oxygen atoms in total. The highest BCUT2D eigenvalue weighted by Crippen LogP contribution is 2.33. The molecule has 9 heteroatoms. The number of aromatic nitrogens is 3. The Bertz CT molecular complexity index is 1230. The quantitative estimate of drug-likeness (QED) is 0.498. The first-order valence-electron chi connectivity index (χ1n) is 9.09. The van der Waals surface area contributed by atoms with Crippen LogP contribution in [0.2, 0.25) is 0 Å². The lowest BCUT2D eigenvalue weighted by atomic mass is 10.1. The van der Waals surface area contributed by atoms with Crippen molar-refractivity contribution < 1.29 is 22.4 Å². The van der Waals surface area contributed by atoms with E-state index in [1.165, 1.54) is 29.1 Å². The van der Waals surface area contributed by atoms with Gasteiger partial charge in [-0.2, -0.15) is 5.10 Å². The van der Waals surface area contributed by atoms with Crippen molar-refractivity contribution in [3.05, 3.63) is 65.3 Å². The minimum absolute atomic E-state index is 0.0330. The van der Waals surface area contributed by atoms with E-state index in [9.17, 15) is 18.0 Å². The highest BCUT2D eigenvalue weighted by Gasteiger charge is 2.22. The van der Waals surface area contributed by atoms with Crippen molar-refractivity contribution in [1.29, 1.82) is 0 Å². The van der Waals surface area contributed by atoms with Crippen molar-refractivity contribution in [2.75, 3.05) is 5.32 Å². The van der Waals surface area contributed by atoms with Gasteiger partial charge in [0.25, 0.3) is 6.43 Å². The van der Waals surface area contributed by atoms with Gasteiger partial charge in [-0.05, 0) is 49.7 Å². The topological polar surface area (TPSA) is 73.0 Å². The van der Waals surface area contributed by atoms with Crippen LogP contribution in [-0.4, -0.2) is 20.7 Å². The van der Waals surface area contributed by atoms with E-state index in [1.807, 2.05) is 0 Å². The molecule has 0 aliphatic heterocycles. The third kappa shape index (κ3) is 3.66. The molecule has 0 saturated carbocycles. The number of carbonyl (C=O) groups is 1. The zero-order valence-electron chi connectivity index (χ0n) is 16.1. The maximum absolute atomic E-state index is 13.9. The van der Waals surface area contributed by atoms with Crippen molar-refractivity contribution in [3.63, 3.8) is 0 Å². The predicted molar refractivity (Wildman–Crippen MR) is 105 cm³/mol. The molecule has 30 heavy (non-hydrogen) atoms. The maximum Gasteiger partial charge on any atom is 0.264 e. The van der Waals surface area contributed by atoms with E-state index < -0.39 is 18.1 Å². The van der Waals surface area contributed by atoms with Crippen molar-refractivity contribution in [3.8, 4) is 11.5 Å². The van der Waals surface area contributed by atoms with Gasteiger partial charge in [-0.15, -0.1) is 0 Å². The van der Waals surface area contributed by atoms with E-state index in [1.54, 1.807) is 32.0 Å². The highest BCUT2D eigenvalue weighted by atomic mass is 19.3. The third-order valence-electron chi connectivity index (χ3n) is 4.61. The molecule has 0 saturated heterocycles. The van der Waals surface area contributed by atoms with Crippen LogP contribution in [0, 0.1) is 19.7 Å². The number of fused-ring (bicyclic) bond motifs is 1. The van der Waals surface area contributed by atoms with Crippen molar-refractivity contribution in [1.82, 2.24) is 14.8 Å². The van der Waals surface area contributed by atoms with Gasteiger partial charge in [-0.25, -0.2) is 22.8 Å². The standard InChI is InChI=1S/C21H17F3N4O2/c1-11-5-6-14(22)15(8-11)25-18(29)10-28-21-19(12(2)27-28)13(20(23)24)9-16(26-21)17-4-3-7-30-17/h3-9,20H,10H2,1-2H3,(H,25,29). The Morgan fingerprint density at radius 2 is 2.03 bits per heavy atom. The van der Waals surface area contributed by atoms with Gasteiger partial charge < -0.3 is 9.73 Å². The molecule has 1 aromatic carbocycles. The van der Waals surface area contributed by atoms with E-state index in [0.29, 0.717) is 11.5 Å². The molecule has 0 aliphatic rings. The second kappa shape index (κ2) is 7.66. The first-order chi connectivity index (χ1) is 14.3. The van der Waals surface area contributed by atoms with E-state index in [4.69, 9.17) is 4.42 Å². The van der Waals surface area contributed by atoms with Crippen LogP contribution < -0.4 is 5.32 Å². The Kier molecular flexibility index (Phi) is 5.03. The molecule has 3 heterocycles. The molecule has 154 valence electrons. The summed E-state index contributed by atoms with van der Waals surface area (Å²) in [7, 11) is 0. The number of alkyl halides is 2. The smallest absolute Gasteiger partial charge is 0.264 e. The number of nitrogens with zero attached hydrogens (tertiary/aromatic N) is 3. The van der Waals surface area contributed by atoms with Gasteiger partial charge in [-0.3, -0.25) is 4.79 Å². The summed E-state index contributed by atoms with van der Waals surface area (Å²) in [5, 5.41) is 6.87. The molecule has 0 radical (unpaired) electrons. The molecule has 0 bridgehead atoms. The fourth-order valence-electron chi connectivity index (χ4n) is 3.28. The molecule has 4 rings (SSSR count). The number of benzene rings is 1. The Morgan fingerprint density at radius 3 is 2.73 bits per heavy atom. The minimum Gasteiger partial charge on any atom is -0.463 e. The van der Waals surface area contributed by atoms with Gasteiger partial charge in [-0.1, -0.05) is 6.07 Å². The molecular formula is C21H17F3N4O2. The number of amides is 1. The lowest BCUT2D eigenvalue weighted by molar-refractivity contribution is -0.116. The summed E-state index contributed by atoms with van der Waals surface area (Å²) in [4.78, 5) is 16.9. The number of hydrogen-bond acceptors (Lipinski definition) is 4. The van der Waals surface area contributed by atoms with Gasteiger partial charge in [0.15, 0.2) is 11.4 Å². The third-order valence-corrected chi connectivity index (χ3v) is 4.61. The summed E-state index contributed by atoms with van der Waals surface area (Å²) in [6.45, 7) is 3.01. The number of anilines is 1. The van der Waals surface area contributed by atoms with Gasteiger partial charge in [0.05, 0.1) is 23.0 Å². The van der Waals surface area contributed by atoms with Crippen LogP contribution in [0.4, 0.5) is 18.9 Å². The Hall–Kier alpha value is -3.62. The number of aryl methyl sites for hydroxylation is 2. The summed E-state index contributed by atoms with van der Waals surface area (Å²) in [6.07, 6.45) is -1.36. The first kappa shape index (κ1) is 19.7. The average molecular weight is 414 g/mol. The Morgan fingerprint density at radius 1 is 1.23 bits per heavy atom. The first-order valence-corrected chi connectivity index (χ1v) is 9.09. The largest absolute Gasteiger partial charge is 0.463 e. The monoisotopic (exact) mass is 414 g/mol. The second-order valence-corrected chi connectivity index (χ2v) is 6.85. The zero-order valence-corrected chi connectivity index (χ0v) is 16.1. The molecular weight excluding hydrogens is 397 g/mol. The van der Waals surface area contributed by atoms with Crippen molar-refractivity contribution >= 4 is 22.6 Å². The highest BCUT2D eigenvalue weighted by molar-refractivity contribution is 5.92. The summed E-state index contributed by atoms with van der Waals surface area (Å²) >= 11 is 0. The fraction of sp³-hybridized carbons (Fsp3) is 0.190. The minimum atomic E-state index is -2.77. The SMILES string of the molecule is Cc1ccc(F)c(NC(=O)Cn2nc(C)c3c(C(F)F)cc(-c4ccco4)nc32)c1. The van der Waals surface area contributed by atoms with Crippen LogP contribution in [0.3, 0.4) is 0 Å². The van der Waals surface area contributed by atoms with Crippen LogP contribution in [0.1, 0.15) is 23.2 Å². The van der Waals surface area contributed by atoms with Gasteiger partial charge in [0.2, 0.25) is 5.91 Å². The number of furan rings is 1. The van der Waals surface area contributed by atoms with Gasteiger partial charge in [0, 0.05) is 5.56 Å². The molecule has 1 amide bonds. The molecule has 0 atom stereocenters. The summed E-state index contributed by atoms with van der Waals surface area (Å²) in [5.41, 5.74) is 1.20. The molecule has 0 unspecified atom stereocenters. The average Bonchev–Trinajstić information content (AvgIpc) is 3.33. The van der Waals surface area contributed by atoms with E-state index in [-0.39, 0.29) is 34.5 Å². The van der Waals surface area contributed by atoms with E-state index in [2.05, 4.69) is 15.4 Å². The van der Waals surface area contributed by atoms with Gasteiger partial charge in [0.1, 0.15) is 18.1 Å². The van der Waals surface area contributed by atoms with E-state index >= 15 is 0 Å². The number of hydrogen-bond donors (Lipinski definition) is 1. The molecule has 0 aliphatic carbocycles. The van der Waals surface area contributed by atoms with Crippen LogP contribution in [0.25, 0.3) is 22.5 Å². The predicted octanol–water partition coefficient (Wildman–Crippen LogP) is 5.02. The second-order valence-electron chi connectivity index (χ2n) is 6.85. The number of pyridine rings is 1. The normalized spacial score (nSPS) is 11.4. The van der Waals surface area contributed by atoms with Crippen LogP contribution in [0.5, 0.6) is 0 Å². The van der Waals surface area contributed by atoms with Crippen LogP contribution in [-0.2, 0) is 11.3 Å². The van der Waals surface area contributed by atoms with E-state index in [0.717, 1.165) is 5.56 Å². The molecule has 0 fully saturated rings. The van der Waals surface area contributed by atoms with Crippen LogP contribution >= 0.6 is 0 Å².